The molecule has 2 rings (SSSR count). The normalized spacial score (nSPS) is 10.2. The van der Waals surface area contributed by atoms with Gasteiger partial charge in [-0.3, -0.25) is 0 Å². The summed E-state index contributed by atoms with van der Waals surface area (Å²) in [6.45, 7) is 0. The Bertz CT molecular complexity index is 486. The van der Waals surface area contributed by atoms with Crippen LogP contribution in [0.1, 0.15) is 11.1 Å². The highest BCUT2D eigenvalue weighted by Gasteiger charge is 2.06. The number of hydrogen-bond acceptors (Lipinski definition) is 3. The highest BCUT2D eigenvalue weighted by atomic mass is 16.5. The molecule has 0 radical (unpaired) electrons. The van der Waals surface area contributed by atoms with Crippen molar-refractivity contribution in [3.05, 3.63) is 53.6 Å². The van der Waals surface area contributed by atoms with Crippen LogP contribution in [0.4, 0.5) is 5.69 Å². The molecule has 0 aliphatic rings. The van der Waals surface area contributed by atoms with Crippen LogP contribution in [-0.2, 0) is 6.42 Å². The molecule has 0 atom stereocenters. The molecule has 3 heteroatoms. The van der Waals surface area contributed by atoms with Crippen LogP contribution in [0, 0.1) is 0 Å². The smallest absolute Gasteiger partial charge is 0.121 e. The summed E-state index contributed by atoms with van der Waals surface area (Å²) in [6.07, 6.45) is 0.614. The Labute approximate surface area is 100 Å². The maximum atomic E-state index is 9.75. The second kappa shape index (κ2) is 4.78. The van der Waals surface area contributed by atoms with Gasteiger partial charge in [-0.25, -0.2) is 0 Å². The molecule has 88 valence electrons. The van der Waals surface area contributed by atoms with E-state index in [9.17, 15) is 5.11 Å². The minimum absolute atomic E-state index is 0.237. The summed E-state index contributed by atoms with van der Waals surface area (Å²) < 4.78 is 5.09. The third kappa shape index (κ3) is 2.50. The Morgan fingerprint density at radius 2 is 1.82 bits per heavy atom. The second-order valence-electron chi connectivity index (χ2n) is 3.87. The first kappa shape index (κ1) is 11.3. The SMILES string of the molecule is COc1ccc(Cc2c(N)cccc2O)cc1. The molecule has 2 aromatic carbocycles. The van der Waals surface area contributed by atoms with Gasteiger partial charge in [0.2, 0.25) is 0 Å². The first-order valence-corrected chi connectivity index (χ1v) is 5.40. The van der Waals surface area contributed by atoms with Crippen LogP contribution in [0.25, 0.3) is 0 Å². The van der Waals surface area contributed by atoms with Crippen molar-refractivity contribution in [3.63, 3.8) is 0 Å². The van der Waals surface area contributed by atoms with Crippen LogP contribution >= 0.6 is 0 Å². The van der Waals surface area contributed by atoms with Gasteiger partial charge in [-0.1, -0.05) is 18.2 Å². The summed E-state index contributed by atoms with van der Waals surface area (Å²) in [7, 11) is 1.63. The fourth-order valence-electron chi connectivity index (χ4n) is 1.73. The van der Waals surface area contributed by atoms with Crippen molar-refractivity contribution >= 4 is 5.69 Å². The molecule has 0 saturated carbocycles. The van der Waals surface area contributed by atoms with Crippen molar-refractivity contribution in [2.24, 2.45) is 0 Å². The first-order valence-electron chi connectivity index (χ1n) is 5.40. The average molecular weight is 229 g/mol. The fourth-order valence-corrected chi connectivity index (χ4v) is 1.73. The van der Waals surface area contributed by atoms with Gasteiger partial charge in [0, 0.05) is 17.7 Å². The van der Waals surface area contributed by atoms with Gasteiger partial charge >= 0.3 is 0 Å². The van der Waals surface area contributed by atoms with Crippen molar-refractivity contribution < 1.29 is 9.84 Å². The molecule has 3 nitrogen and oxygen atoms in total. The number of aromatic hydroxyl groups is 1. The summed E-state index contributed by atoms with van der Waals surface area (Å²) >= 11 is 0. The molecule has 17 heavy (non-hydrogen) atoms. The zero-order valence-electron chi connectivity index (χ0n) is 9.68. The highest BCUT2D eigenvalue weighted by molar-refractivity contribution is 5.55. The van der Waals surface area contributed by atoms with E-state index in [0.29, 0.717) is 12.1 Å². The summed E-state index contributed by atoms with van der Waals surface area (Å²) in [6, 6.07) is 12.9. The number of nitrogen functional groups attached to an aromatic ring is 1. The van der Waals surface area contributed by atoms with Crippen molar-refractivity contribution in [1.82, 2.24) is 0 Å². The monoisotopic (exact) mass is 229 g/mol. The average Bonchev–Trinajstić information content (AvgIpc) is 2.35. The number of phenols is 1. The Morgan fingerprint density at radius 1 is 1.12 bits per heavy atom. The van der Waals surface area contributed by atoms with Gasteiger partial charge in [0.1, 0.15) is 11.5 Å². The number of anilines is 1. The Morgan fingerprint density at radius 3 is 2.41 bits per heavy atom. The Hall–Kier alpha value is -2.16. The van der Waals surface area contributed by atoms with Crippen LogP contribution in [0.2, 0.25) is 0 Å². The minimum Gasteiger partial charge on any atom is -0.508 e. The summed E-state index contributed by atoms with van der Waals surface area (Å²) in [5.41, 5.74) is 8.30. The van der Waals surface area contributed by atoms with Crippen LogP contribution < -0.4 is 10.5 Å². The maximum absolute atomic E-state index is 9.75. The minimum atomic E-state index is 0.237. The first-order chi connectivity index (χ1) is 8.20. The molecule has 0 spiro atoms. The number of phenolic OH excluding ortho intramolecular Hbond substituents is 1. The molecule has 0 saturated heterocycles. The van der Waals surface area contributed by atoms with Gasteiger partial charge in [0.15, 0.2) is 0 Å². The number of methoxy groups -OCH3 is 1. The van der Waals surface area contributed by atoms with E-state index in [1.54, 1.807) is 25.3 Å². The van der Waals surface area contributed by atoms with E-state index >= 15 is 0 Å². The quantitative estimate of drug-likeness (QED) is 0.795. The molecule has 0 bridgehead atoms. The number of benzene rings is 2. The van der Waals surface area contributed by atoms with Crippen LogP contribution in [0.15, 0.2) is 42.5 Å². The third-order valence-electron chi connectivity index (χ3n) is 2.73. The molecule has 3 N–H and O–H groups in total. The van der Waals surface area contributed by atoms with E-state index in [1.807, 2.05) is 24.3 Å². The molecule has 2 aromatic rings. The van der Waals surface area contributed by atoms with Crippen LogP contribution in [0.3, 0.4) is 0 Å². The molecule has 0 unspecified atom stereocenters. The molecule has 0 fully saturated rings. The van der Waals surface area contributed by atoms with Crippen molar-refractivity contribution in [1.29, 1.82) is 0 Å². The third-order valence-corrected chi connectivity index (χ3v) is 2.73. The van der Waals surface area contributed by atoms with Crippen molar-refractivity contribution in [2.75, 3.05) is 12.8 Å². The van der Waals surface area contributed by atoms with Gasteiger partial charge in [0.05, 0.1) is 7.11 Å². The largest absolute Gasteiger partial charge is 0.508 e. The lowest BCUT2D eigenvalue weighted by atomic mass is 10.0. The Balaban J connectivity index is 2.25. The van der Waals surface area contributed by atoms with E-state index in [1.165, 1.54) is 0 Å². The number of hydrogen-bond donors (Lipinski definition) is 2. The number of nitrogens with two attached hydrogens (primary N) is 1. The molecule has 0 amide bonds. The van der Waals surface area contributed by atoms with Gasteiger partial charge in [0.25, 0.3) is 0 Å². The molecule has 0 aromatic heterocycles. The van der Waals surface area contributed by atoms with Crippen molar-refractivity contribution in [3.8, 4) is 11.5 Å². The van der Waals surface area contributed by atoms with E-state index in [-0.39, 0.29) is 5.75 Å². The van der Waals surface area contributed by atoms with E-state index < -0.39 is 0 Å². The Kier molecular flexibility index (Phi) is 3.19. The molecule has 0 aliphatic heterocycles. The topological polar surface area (TPSA) is 55.5 Å². The summed E-state index contributed by atoms with van der Waals surface area (Å²) in [4.78, 5) is 0. The summed E-state index contributed by atoms with van der Waals surface area (Å²) in [5.74, 6) is 1.06. The highest BCUT2D eigenvalue weighted by Crippen LogP contribution is 2.26. The predicted molar refractivity (Wildman–Crippen MR) is 68.3 cm³/mol. The molecular formula is C14H15NO2. The van der Waals surface area contributed by atoms with Gasteiger partial charge < -0.3 is 15.6 Å². The van der Waals surface area contributed by atoms with Gasteiger partial charge in [-0.05, 0) is 29.8 Å². The van der Waals surface area contributed by atoms with Crippen molar-refractivity contribution in [2.45, 2.75) is 6.42 Å². The molecule has 0 heterocycles. The zero-order chi connectivity index (χ0) is 12.3. The number of rotatable bonds is 3. The zero-order valence-corrected chi connectivity index (χ0v) is 9.68. The van der Waals surface area contributed by atoms with E-state index in [2.05, 4.69) is 0 Å². The number of ether oxygens (including phenoxy) is 1. The predicted octanol–water partition coefficient (Wildman–Crippen LogP) is 2.57. The van der Waals surface area contributed by atoms with Crippen LogP contribution in [-0.4, -0.2) is 12.2 Å². The van der Waals surface area contributed by atoms with Gasteiger partial charge in [-0.2, -0.15) is 0 Å². The standard InChI is InChI=1S/C14H15NO2/c1-17-11-7-5-10(6-8-11)9-12-13(15)3-2-4-14(12)16/h2-8,16H,9,15H2,1H3. The lowest BCUT2D eigenvalue weighted by Crippen LogP contribution is -1.96. The molecular weight excluding hydrogens is 214 g/mol. The van der Waals surface area contributed by atoms with Crippen LogP contribution in [0.5, 0.6) is 11.5 Å². The van der Waals surface area contributed by atoms with E-state index in [4.69, 9.17) is 10.5 Å². The molecule has 0 aliphatic carbocycles. The second-order valence-corrected chi connectivity index (χ2v) is 3.87. The fraction of sp³-hybridized carbons (Fsp3) is 0.143. The van der Waals surface area contributed by atoms with E-state index in [0.717, 1.165) is 16.9 Å². The maximum Gasteiger partial charge on any atom is 0.121 e. The lowest BCUT2D eigenvalue weighted by Gasteiger charge is -2.08. The van der Waals surface area contributed by atoms with Gasteiger partial charge in [-0.15, -0.1) is 0 Å². The summed E-state index contributed by atoms with van der Waals surface area (Å²) in [5, 5.41) is 9.75. The lowest BCUT2D eigenvalue weighted by molar-refractivity contribution is 0.414.